The third kappa shape index (κ3) is 4.20. The number of aryl methyl sites for hydroxylation is 1. The summed E-state index contributed by atoms with van der Waals surface area (Å²) in [5.74, 6) is 0.575. The monoisotopic (exact) mass is 242 g/mol. The highest BCUT2D eigenvalue weighted by molar-refractivity contribution is 7.11. The Hall–Kier alpha value is -0.450. The lowest BCUT2D eigenvalue weighted by Crippen LogP contribution is -2.37. The van der Waals surface area contributed by atoms with E-state index in [1.165, 1.54) is 9.88 Å². The quantitative estimate of drug-likeness (QED) is 0.797. The molecule has 0 spiro atoms. The Bertz CT molecular complexity index is 299. The number of hydrogen-bond acceptors (Lipinski definition) is 4. The van der Waals surface area contributed by atoms with Crippen LogP contribution in [0.2, 0.25) is 0 Å². The van der Waals surface area contributed by atoms with Gasteiger partial charge in [0, 0.05) is 30.8 Å². The molecule has 0 aliphatic heterocycles. The van der Waals surface area contributed by atoms with Gasteiger partial charge in [-0.1, -0.05) is 20.8 Å². The van der Waals surface area contributed by atoms with E-state index in [1.807, 2.05) is 6.20 Å². The molecular formula is C12H22N2OS. The molecule has 1 aromatic rings. The van der Waals surface area contributed by atoms with Gasteiger partial charge in [0.05, 0.1) is 6.61 Å². The van der Waals surface area contributed by atoms with Gasteiger partial charge in [-0.25, -0.2) is 4.98 Å². The van der Waals surface area contributed by atoms with E-state index in [1.54, 1.807) is 18.4 Å². The Morgan fingerprint density at radius 3 is 2.75 bits per heavy atom. The number of hydrogen-bond donors (Lipinski definition) is 1. The summed E-state index contributed by atoms with van der Waals surface area (Å²) < 4.78 is 5.20. The summed E-state index contributed by atoms with van der Waals surface area (Å²) in [5, 5.41) is 4.66. The standard InChI is InChI=1S/C12H22N2OS/c1-5-10-6-14-12(16-10)7-13-11(8-15-4)9(2)3/h6,9,11,13H,5,7-8H2,1-4H3. The van der Waals surface area contributed by atoms with Crippen molar-refractivity contribution in [3.05, 3.63) is 16.1 Å². The molecule has 1 heterocycles. The number of thiazole rings is 1. The summed E-state index contributed by atoms with van der Waals surface area (Å²) in [4.78, 5) is 5.75. The van der Waals surface area contributed by atoms with Gasteiger partial charge in [0.25, 0.3) is 0 Å². The second-order valence-electron chi connectivity index (χ2n) is 4.26. The van der Waals surface area contributed by atoms with Crippen molar-refractivity contribution < 1.29 is 4.74 Å². The molecule has 0 fully saturated rings. The molecule has 4 heteroatoms. The maximum absolute atomic E-state index is 5.20. The number of nitrogens with zero attached hydrogens (tertiary/aromatic N) is 1. The molecule has 1 unspecified atom stereocenters. The molecule has 0 amide bonds. The molecule has 3 nitrogen and oxygen atoms in total. The minimum Gasteiger partial charge on any atom is -0.383 e. The molecule has 0 aromatic carbocycles. The van der Waals surface area contributed by atoms with Gasteiger partial charge in [-0.3, -0.25) is 0 Å². The molecular weight excluding hydrogens is 220 g/mol. The molecule has 0 aliphatic rings. The first-order valence-electron chi connectivity index (χ1n) is 5.83. The van der Waals surface area contributed by atoms with E-state index < -0.39 is 0 Å². The fourth-order valence-electron chi connectivity index (χ4n) is 1.48. The zero-order valence-corrected chi connectivity index (χ0v) is 11.4. The summed E-state index contributed by atoms with van der Waals surface area (Å²) >= 11 is 1.79. The second-order valence-corrected chi connectivity index (χ2v) is 5.46. The highest BCUT2D eigenvalue weighted by Crippen LogP contribution is 2.13. The van der Waals surface area contributed by atoms with E-state index in [9.17, 15) is 0 Å². The van der Waals surface area contributed by atoms with E-state index in [0.29, 0.717) is 12.0 Å². The van der Waals surface area contributed by atoms with Crippen LogP contribution in [0.3, 0.4) is 0 Å². The molecule has 0 bridgehead atoms. The average molecular weight is 242 g/mol. The minimum absolute atomic E-state index is 0.402. The number of aromatic nitrogens is 1. The van der Waals surface area contributed by atoms with Gasteiger partial charge in [0.1, 0.15) is 5.01 Å². The minimum atomic E-state index is 0.402. The summed E-state index contributed by atoms with van der Waals surface area (Å²) in [6.07, 6.45) is 3.05. The summed E-state index contributed by atoms with van der Waals surface area (Å²) in [7, 11) is 1.75. The van der Waals surface area contributed by atoms with E-state index in [2.05, 4.69) is 31.1 Å². The number of methoxy groups -OCH3 is 1. The Morgan fingerprint density at radius 2 is 2.25 bits per heavy atom. The maximum Gasteiger partial charge on any atom is 0.107 e. The largest absolute Gasteiger partial charge is 0.383 e. The molecule has 0 aliphatic carbocycles. The first-order valence-corrected chi connectivity index (χ1v) is 6.64. The number of nitrogens with one attached hydrogen (secondary N) is 1. The lowest BCUT2D eigenvalue weighted by atomic mass is 10.1. The highest BCUT2D eigenvalue weighted by atomic mass is 32.1. The molecule has 1 N–H and O–H groups in total. The van der Waals surface area contributed by atoms with E-state index in [4.69, 9.17) is 4.74 Å². The van der Waals surface area contributed by atoms with Crippen molar-refractivity contribution in [3.8, 4) is 0 Å². The van der Waals surface area contributed by atoms with Crippen LogP contribution in [0, 0.1) is 5.92 Å². The maximum atomic E-state index is 5.20. The molecule has 92 valence electrons. The topological polar surface area (TPSA) is 34.2 Å². The molecule has 0 saturated carbocycles. The van der Waals surface area contributed by atoms with Gasteiger partial charge < -0.3 is 10.1 Å². The first kappa shape index (κ1) is 13.6. The van der Waals surface area contributed by atoms with Crippen molar-refractivity contribution in [3.63, 3.8) is 0 Å². The van der Waals surface area contributed by atoms with E-state index in [0.717, 1.165) is 19.6 Å². The Balaban J connectivity index is 2.42. The lowest BCUT2D eigenvalue weighted by Gasteiger charge is -2.20. The van der Waals surface area contributed by atoms with Gasteiger partial charge in [-0.05, 0) is 12.3 Å². The van der Waals surface area contributed by atoms with Gasteiger partial charge in [-0.2, -0.15) is 0 Å². The van der Waals surface area contributed by atoms with Crippen LogP contribution in [0.15, 0.2) is 6.20 Å². The fourth-order valence-corrected chi connectivity index (χ4v) is 2.29. The molecule has 1 aromatic heterocycles. The summed E-state index contributed by atoms with van der Waals surface area (Å²) in [6.45, 7) is 8.17. The van der Waals surface area contributed by atoms with Crippen molar-refractivity contribution in [1.82, 2.24) is 10.3 Å². The van der Waals surface area contributed by atoms with E-state index >= 15 is 0 Å². The SMILES string of the molecule is CCc1cnc(CNC(COC)C(C)C)s1. The number of rotatable bonds is 7. The molecule has 16 heavy (non-hydrogen) atoms. The van der Waals surface area contributed by atoms with Gasteiger partial charge in [-0.15, -0.1) is 11.3 Å². The van der Waals surface area contributed by atoms with Crippen molar-refractivity contribution in [2.75, 3.05) is 13.7 Å². The van der Waals surface area contributed by atoms with Gasteiger partial charge in [0.2, 0.25) is 0 Å². The average Bonchev–Trinajstić information content (AvgIpc) is 2.71. The van der Waals surface area contributed by atoms with Crippen LogP contribution in [-0.4, -0.2) is 24.7 Å². The van der Waals surface area contributed by atoms with E-state index in [-0.39, 0.29) is 0 Å². The van der Waals surface area contributed by atoms with Crippen molar-refractivity contribution in [2.45, 2.75) is 39.8 Å². The fraction of sp³-hybridized carbons (Fsp3) is 0.750. The predicted octanol–water partition coefficient (Wildman–Crippen LogP) is 2.47. The zero-order valence-electron chi connectivity index (χ0n) is 10.6. The molecule has 1 atom stereocenters. The zero-order chi connectivity index (χ0) is 12.0. The summed E-state index contributed by atoms with van der Waals surface area (Å²) in [6, 6.07) is 0.402. The van der Waals surface area contributed by atoms with Crippen molar-refractivity contribution in [1.29, 1.82) is 0 Å². The Labute approximate surface area is 102 Å². The van der Waals surface area contributed by atoms with Gasteiger partial charge >= 0.3 is 0 Å². The van der Waals surface area contributed by atoms with Crippen LogP contribution in [-0.2, 0) is 17.7 Å². The molecule has 0 saturated heterocycles. The predicted molar refractivity (Wildman–Crippen MR) is 68.8 cm³/mol. The van der Waals surface area contributed by atoms with Crippen LogP contribution in [0.4, 0.5) is 0 Å². The van der Waals surface area contributed by atoms with Crippen LogP contribution >= 0.6 is 11.3 Å². The smallest absolute Gasteiger partial charge is 0.107 e. The van der Waals surface area contributed by atoms with Gasteiger partial charge in [0.15, 0.2) is 0 Å². The normalized spacial score (nSPS) is 13.3. The highest BCUT2D eigenvalue weighted by Gasteiger charge is 2.12. The first-order chi connectivity index (χ1) is 7.67. The third-order valence-electron chi connectivity index (χ3n) is 2.62. The third-order valence-corrected chi connectivity index (χ3v) is 3.76. The van der Waals surface area contributed by atoms with Crippen LogP contribution in [0.1, 0.15) is 30.7 Å². The van der Waals surface area contributed by atoms with Crippen molar-refractivity contribution >= 4 is 11.3 Å². The number of ether oxygens (including phenoxy) is 1. The van der Waals surface area contributed by atoms with Crippen LogP contribution < -0.4 is 5.32 Å². The summed E-state index contributed by atoms with van der Waals surface area (Å²) in [5.41, 5.74) is 0. The Morgan fingerprint density at radius 1 is 1.50 bits per heavy atom. The Kier molecular flexibility index (Phi) is 5.95. The van der Waals surface area contributed by atoms with Crippen LogP contribution in [0.25, 0.3) is 0 Å². The van der Waals surface area contributed by atoms with Crippen LogP contribution in [0.5, 0.6) is 0 Å². The molecule has 1 rings (SSSR count). The lowest BCUT2D eigenvalue weighted by molar-refractivity contribution is 0.146. The molecule has 0 radical (unpaired) electrons. The van der Waals surface area contributed by atoms with Crippen molar-refractivity contribution in [2.24, 2.45) is 5.92 Å². The second kappa shape index (κ2) is 6.99.